The monoisotopic (exact) mass is 332 g/mol. The lowest BCUT2D eigenvalue weighted by Gasteiger charge is -2.31. The van der Waals surface area contributed by atoms with Crippen molar-refractivity contribution in [3.63, 3.8) is 0 Å². The molecule has 130 valence electrons. The molecule has 24 heavy (non-hydrogen) atoms. The number of benzene rings is 1. The van der Waals surface area contributed by atoms with Crippen LogP contribution in [0.4, 0.5) is 0 Å². The van der Waals surface area contributed by atoms with Gasteiger partial charge in [-0.15, -0.1) is 0 Å². The lowest BCUT2D eigenvalue weighted by atomic mass is 9.85. The summed E-state index contributed by atoms with van der Waals surface area (Å²) in [5.41, 5.74) is -0.545. The molecule has 6 heteroatoms. The fourth-order valence-corrected chi connectivity index (χ4v) is 2.85. The number of carbonyl (C=O) groups excluding carboxylic acids is 2. The second-order valence-electron chi connectivity index (χ2n) is 6.81. The van der Waals surface area contributed by atoms with Gasteiger partial charge in [-0.05, 0) is 51.7 Å². The fraction of sp³-hybridized carbons (Fsp3) is 0.500. The quantitative estimate of drug-likeness (QED) is 0.768. The summed E-state index contributed by atoms with van der Waals surface area (Å²) in [6, 6.07) is 8.70. The van der Waals surface area contributed by atoms with Crippen LogP contribution in [-0.4, -0.2) is 34.5 Å². The van der Waals surface area contributed by atoms with Crippen LogP contribution in [-0.2, 0) is 9.59 Å². The zero-order valence-corrected chi connectivity index (χ0v) is 14.0. The summed E-state index contributed by atoms with van der Waals surface area (Å²) in [6.45, 7) is 3.32. The molecule has 0 heterocycles. The molecule has 0 aliphatic heterocycles. The molecular weight excluding hydrogens is 308 g/mol. The van der Waals surface area contributed by atoms with Gasteiger partial charge in [0.25, 0.3) is 5.91 Å². The van der Waals surface area contributed by atoms with Gasteiger partial charge in [-0.1, -0.05) is 18.2 Å². The summed E-state index contributed by atoms with van der Waals surface area (Å²) in [6.07, 6.45) is 2.42. The molecule has 1 aromatic carbocycles. The van der Waals surface area contributed by atoms with Crippen LogP contribution in [0.3, 0.4) is 0 Å². The molecular formula is C18H24N2O4. The Morgan fingerprint density at radius 2 is 1.62 bits per heavy atom. The minimum Gasteiger partial charge on any atom is -0.481 e. The average Bonchev–Trinajstić information content (AvgIpc) is 2.55. The van der Waals surface area contributed by atoms with Crippen molar-refractivity contribution in [2.45, 2.75) is 51.1 Å². The van der Waals surface area contributed by atoms with E-state index in [0.717, 1.165) is 0 Å². The minimum absolute atomic E-state index is 0.0407. The summed E-state index contributed by atoms with van der Waals surface area (Å²) in [5, 5.41) is 14.7. The predicted molar refractivity (Wildman–Crippen MR) is 89.5 cm³/mol. The van der Waals surface area contributed by atoms with E-state index in [4.69, 9.17) is 5.11 Å². The van der Waals surface area contributed by atoms with Crippen molar-refractivity contribution in [1.29, 1.82) is 0 Å². The van der Waals surface area contributed by atoms with E-state index in [0.29, 0.717) is 31.2 Å². The Morgan fingerprint density at radius 1 is 1.04 bits per heavy atom. The summed E-state index contributed by atoms with van der Waals surface area (Å²) in [4.78, 5) is 35.7. The maximum atomic E-state index is 12.5. The molecule has 1 saturated carbocycles. The first-order valence-electron chi connectivity index (χ1n) is 8.21. The summed E-state index contributed by atoms with van der Waals surface area (Å²) < 4.78 is 0. The lowest BCUT2D eigenvalue weighted by Crippen LogP contribution is -2.57. The zero-order valence-electron chi connectivity index (χ0n) is 14.0. The number of hydrogen-bond acceptors (Lipinski definition) is 3. The van der Waals surface area contributed by atoms with Gasteiger partial charge in [0, 0.05) is 11.6 Å². The summed E-state index contributed by atoms with van der Waals surface area (Å²) in [7, 11) is 0. The minimum atomic E-state index is -1.05. The van der Waals surface area contributed by atoms with Crippen LogP contribution in [0.2, 0.25) is 0 Å². The number of amides is 2. The van der Waals surface area contributed by atoms with Crippen molar-refractivity contribution < 1.29 is 19.5 Å². The van der Waals surface area contributed by atoms with Crippen LogP contribution in [0.5, 0.6) is 0 Å². The van der Waals surface area contributed by atoms with Crippen LogP contribution >= 0.6 is 0 Å². The molecule has 0 aromatic heterocycles. The van der Waals surface area contributed by atoms with Gasteiger partial charge >= 0.3 is 5.97 Å². The molecule has 0 atom stereocenters. The van der Waals surface area contributed by atoms with Gasteiger partial charge in [-0.3, -0.25) is 14.4 Å². The number of rotatable bonds is 5. The number of hydrogen-bond donors (Lipinski definition) is 3. The van der Waals surface area contributed by atoms with E-state index in [2.05, 4.69) is 10.6 Å². The number of nitrogens with one attached hydrogen (secondary N) is 2. The summed E-state index contributed by atoms with van der Waals surface area (Å²) in [5.74, 6) is -1.64. The Hall–Kier alpha value is -2.37. The SMILES string of the molecule is CC(C)(NC(=O)c1ccccc1)C(=O)NC1CCC(C(=O)O)CC1. The second kappa shape index (κ2) is 7.47. The van der Waals surface area contributed by atoms with E-state index in [-0.39, 0.29) is 23.8 Å². The molecule has 2 rings (SSSR count). The number of carboxylic acid groups (broad SMARTS) is 1. The van der Waals surface area contributed by atoms with E-state index in [1.165, 1.54) is 0 Å². The van der Waals surface area contributed by atoms with Crippen LogP contribution < -0.4 is 10.6 Å². The first-order valence-corrected chi connectivity index (χ1v) is 8.21. The van der Waals surface area contributed by atoms with Crippen LogP contribution in [0, 0.1) is 5.92 Å². The molecule has 1 fully saturated rings. The third-order valence-corrected chi connectivity index (χ3v) is 4.44. The van der Waals surface area contributed by atoms with Crippen LogP contribution in [0.25, 0.3) is 0 Å². The topological polar surface area (TPSA) is 95.5 Å². The van der Waals surface area contributed by atoms with Crippen molar-refractivity contribution in [3.8, 4) is 0 Å². The molecule has 6 nitrogen and oxygen atoms in total. The van der Waals surface area contributed by atoms with Gasteiger partial charge in [0.15, 0.2) is 0 Å². The van der Waals surface area contributed by atoms with Gasteiger partial charge < -0.3 is 15.7 Å². The number of carbonyl (C=O) groups is 3. The van der Waals surface area contributed by atoms with Crippen molar-refractivity contribution in [1.82, 2.24) is 10.6 Å². The Balaban J connectivity index is 1.89. The summed E-state index contributed by atoms with van der Waals surface area (Å²) >= 11 is 0. The molecule has 3 N–H and O–H groups in total. The smallest absolute Gasteiger partial charge is 0.306 e. The Labute approximate surface area is 141 Å². The Kier molecular flexibility index (Phi) is 5.59. The highest BCUT2D eigenvalue weighted by molar-refractivity contribution is 5.98. The standard InChI is InChI=1S/C18H24N2O4/c1-18(2,20-15(21)12-6-4-3-5-7-12)17(24)19-14-10-8-13(9-11-14)16(22)23/h3-7,13-14H,8-11H2,1-2H3,(H,19,24)(H,20,21)(H,22,23). The van der Waals surface area contributed by atoms with Crippen molar-refractivity contribution >= 4 is 17.8 Å². The normalized spacial score (nSPS) is 20.9. The van der Waals surface area contributed by atoms with Crippen molar-refractivity contribution in [2.75, 3.05) is 0 Å². The van der Waals surface area contributed by atoms with Crippen LogP contribution in [0.15, 0.2) is 30.3 Å². The molecule has 0 bridgehead atoms. The fourth-order valence-electron chi connectivity index (χ4n) is 2.85. The van der Waals surface area contributed by atoms with Gasteiger partial charge in [0.2, 0.25) is 5.91 Å². The lowest BCUT2D eigenvalue weighted by molar-refractivity contribution is -0.142. The highest BCUT2D eigenvalue weighted by Gasteiger charge is 2.33. The van der Waals surface area contributed by atoms with E-state index in [1.54, 1.807) is 38.1 Å². The van der Waals surface area contributed by atoms with E-state index < -0.39 is 11.5 Å². The van der Waals surface area contributed by atoms with Crippen LogP contribution in [0.1, 0.15) is 49.9 Å². The van der Waals surface area contributed by atoms with Crippen molar-refractivity contribution in [2.24, 2.45) is 5.92 Å². The molecule has 0 spiro atoms. The van der Waals surface area contributed by atoms with Gasteiger partial charge in [0.1, 0.15) is 5.54 Å². The van der Waals surface area contributed by atoms with Gasteiger partial charge in [0.05, 0.1) is 5.92 Å². The molecule has 0 saturated heterocycles. The van der Waals surface area contributed by atoms with Gasteiger partial charge in [-0.25, -0.2) is 0 Å². The van der Waals surface area contributed by atoms with Crippen molar-refractivity contribution in [3.05, 3.63) is 35.9 Å². The van der Waals surface area contributed by atoms with E-state index in [1.807, 2.05) is 6.07 Å². The maximum absolute atomic E-state index is 12.5. The second-order valence-corrected chi connectivity index (χ2v) is 6.81. The predicted octanol–water partition coefficient (Wildman–Crippen LogP) is 1.95. The molecule has 1 aliphatic carbocycles. The molecule has 1 aromatic rings. The molecule has 2 amide bonds. The molecule has 0 unspecified atom stereocenters. The Morgan fingerprint density at radius 3 is 2.17 bits per heavy atom. The number of aliphatic carboxylic acids is 1. The van der Waals surface area contributed by atoms with E-state index >= 15 is 0 Å². The first-order chi connectivity index (χ1) is 11.3. The third kappa shape index (κ3) is 4.57. The highest BCUT2D eigenvalue weighted by atomic mass is 16.4. The van der Waals surface area contributed by atoms with E-state index in [9.17, 15) is 14.4 Å². The number of carboxylic acids is 1. The Bertz CT molecular complexity index is 605. The maximum Gasteiger partial charge on any atom is 0.306 e. The third-order valence-electron chi connectivity index (χ3n) is 4.44. The highest BCUT2D eigenvalue weighted by Crippen LogP contribution is 2.24. The van der Waals surface area contributed by atoms with Gasteiger partial charge in [-0.2, -0.15) is 0 Å². The average molecular weight is 332 g/mol. The first kappa shape index (κ1) is 18.0. The molecule has 0 radical (unpaired) electrons. The largest absolute Gasteiger partial charge is 0.481 e. The molecule has 1 aliphatic rings. The zero-order chi connectivity index (χ0) is 17.7.